The van der Waals surface area contributed by atoms with E-state index in [-0.39, 0.29) is 23.5 Å². The number of nitrogens with zero attached hydrogens (tertiary/aromatic N) is 3. The van der Waals surface area contributed by atoms with E-state index in [1.807, 2.05) is 0 Å². The first kappa shape index (κ1) is 15.7. The second kappa shape index (κ2) is 5.33. The highest BCUT2D eigenvalue weighted by Gasteiger charge is 2.44. The normalized spacial score (nSPS) is 22.0. The second-order valence-corrected chi connectivity index (χ2v) is 6.01. The van der Waals surface area contributed by atoms with Gasteiger partial charge in [-0.2, -0.15) is 18.3 Å². The number of alkyl halides is 3. The van der Waals surface area contributed by atoms with Crippen LogP contribution in [0.1, 0.15) is 35.9 Å². The van der Waals surface area contributed by atoms with E-state index in [1.165, 1.54) is 11.0 Å². The third-order valence-electron chi connectivity index (χ3n) is 4.45. The molecule has 1 saturated heterocycles. The minimum absolute atomic E-state index is 0.143. The van der Waals surface area contributed by atoms with E-state index in [4.69, 9.17) is 0 Å². The summed E-state index contributed by atoms with van der Waals surface area (Å²) in [6.07, 6.45) is -2.82. The first-order chi connectivity index (χ1) is 11.8. The number of hydrogen-bond donors (Lipinski definition) is 2. The summed E-state index contributed by atoms with van der Waals surface area (Å²) >= 11 is 0. The van der Waals surface area contributed by atoms with E-state index in [1.54, 1.807) is 0 Å². The Labute approximate surface area is 138 Å². The van der Waals surface area contributed by atoms with Crippen LogP contribution in [0.25, 0.3) is 0 Å². The van der Waals surface area contributed by atoms with Crippen LogP contribution in [-0.2, 0) is 12.6 Å². The highest BCUT2D eigenvalue weighted by Crippen LogP contribution is 2.42. The lowest BCUT2D eigenvalue weighted by Gasteiger charge is -2.34. The van der Waals surface area contributed by atoms with Gasteiger partial charge in [0.25, 0.3) is 5.56 Å². The van der Waals surface area contributed by atoms with Gasteiger partial charge in [0.15, 0.2) is 5.82 Å². The van der Waals surface area contributed by atoms with Gasteiger partial charge in [0.1, 0.15) is 0 Å². The quantitative estimate of drug-likeness (QED) is 0.815. The van der Waals surface area contributed by atoms with E-state index >= 15 is 0 Å². The third kappa shape index (κ3) is 2.65. The van der Waals surface area contributed by atoms with Crippen LogP contribution in [0.15, 0.2) is 21.5 Å². The molecular formula is C14H12F3N5O3. The lowest BCUT2D eigenvalue weighted by atomic mass is 9.99. The molecule has 1 fully saturated rings. The third-order valence-corrected chi connectivity index (χ3v) is 4.45. The molecule has 2 unspecified atom stereocenters. The van der Waals surface area contributed by atoms with Crippen LogP contribution < -0.4 is 10.9 Å². The molecule has 8 nitrogen and oxygen atoms in total. The molecule has 25 heavy (non-hydrogen) atoms. The Balaban J connectivity index is 1.56. The van der Waals surface area contributed by atoms with Crippen molar-refractivity contribution < 1.29 is 22.5 Å². The van der Waals surface area contributed by atoms with Crippen molar-refractivity contribution in [2.45, 2.75) is 37.5 Å². The molecule has 2 aromatic heterocycles. The Hall–Kier alpha value is -2.85. The maximum absolute atomic E-state index is 12.5. The van der Waals surface area contributed by atoms with E-state index in [9.17, 15) is 22.8 Å². The van der Waals surface area contributed by atoms with Crippen molar-refractivity contribution in [3.63, 3.8) is 0 Å². The van der Waals surface area contributed by atoms with Crippen molar-refractivity contribution >= 4 is 11.8 Å². The standard InChI is InChI=1S/C14H12F3N5O3/c15-14(16,17)9-5-10(21-25-9)18-13(24)22-7-1-2-8(22)12-6(3-7)4-11(23)19-20-12/h4-5,7-8H,1-3H2,(H,19,23)(H,18,21,24). The summed E-state index contributed by atoms with van der Waals surface area (Å²) in [6.45, 7) is 0. The number of halogens is 3. The summed E-state index contributed by atoms with van der Waals surface area (Å²) < 4.78 is 41.8. The van der Waals surface area contributed by atoms with Crippen LogP contribution in [0.5, 0.6) is 0 Å². The molecule has 2 aliphatic rings. The minimum atomic E-state index is -4.67. The number of urea groups is 1. The second-order valence-electron chi connectivity index (χ2n) is 6.01. The fourth-order valence-electron chi connectivity index (χ4n) is 3.46. The smallest absolute Gasteiger partial charge is 0.349 e. The molecule has 4 rings (SSSR count). The average molecular weight is 355 g/mol. The Morgan fingerprint density at radius 2 is 2.16 bits per heavy atom. The van der Waals surface area contributed by atoms with E-state index in [0.717, 1.165) is 12.0 Å². The van der Waals surface area contributed by atoms with Crippen LogP contribution in [0.3, 0.4) is 0 Å². The monoisotopic (exact) mass is 355 g/mol. The van der Waals surface area contributed by atoms with E-state index < -0.39 is 18.0 Å². The van der Waals surface area contributed by atoms with Gasteiger partial charge in [0, 0.05) is 18.2 Å². The zero-order valence-electron chi connectivity index (χ0n) is 12.6. The number of carbonyl (C=O) groups excluding carboxylic acids is 1. The summed E-state index contributed by atoms with van der Waals surface area (Å²) in [4.78, 5) is 25.4. The predicted octanol–water partition coefficient (Wildman–Crippen LogP) is 2.07. The number of amides is 2. The predicted molar refractivity (Wildman–Crippen MR) is 76.7 cm³/mol. The van der Waals surface area contributed by atoms with Gasteiger partial charge in [-0.15, -0.1) is 0 Å². The summed E-state index contributed by atoms with van der Waals surface area (Å²) in [5, 5.41) is 11.9. The average Bonchev–Trinajstić information content (AvgIpc) is 3.11. The Morgan fingerprint density at radius 1 is 1.36 bits per heavy atom. The van der Waals surface area contributed by atoms with Crippen molar-refractivity contribution in [2.24, 2.45) is 0 Å². The Kier molecular flexibility index (Phi) is 3.34. The molecule has 2 aromatic rings. The molecular weight excluding hydrogens is 343 g/mol. The number of carbonyl (C=O) groups is 1. The van der Waals surface area contributed by atoms with Crippen LogP contribution in [0, 0.1) is 0 Å². The summed E-state index contributed by atoms with van der Waals surface area (Å²) in [5.41, 5.74) is 1.10. The molecule has 2 N–H and O–H groups in total. The molecule has 132 valence electrons. The van der Waals surface area contributed by atoms with Gasteiger partial charge in [0.05, 0.1) is 11.7 Å². The Bertz CT molecular complexity index is 890. The first-order valence-electron chi connectivity index (χ1n) is 7.54. The fraction of sp³-hybridized carbons (Fsp3) is 0.429. The van der Waals surface area contributed by atoms with Crippen molar-refractivity contribution in [3.8, 4) is 0 Å². The molecule has 0 aliphatic carbocycles. The highest BCUT2D eigenvalue weighted by atomic mass is 19.4. The van der Waals surface area contributed by atoms with Crippen LogP contribution in [0.2, 0.25) is 0 Å². The molecule has 2 amide bonds. The van der Waals surface area contributed by atoms with Crippen molar-refractivity contribution in [1.29, 1.82) is 0 Å². The summed E-state index contributed by atoms with van der Waals surface area (Å²) in [7, 11) is 0. The van der Waals surface area contributed by atoms with Crippen molar-refractivity contribution in [3.05, 3.63) is 39.5 Å². The van der Waals surface area contributed by atoms with Crippen LogP contribution in [0.4, 0.5) is 23.8 Å². The summed E-state index contributed by atoms with van der Waals surface area (Å²) in [6, 6.07) is 1.05. The van der Waals surface area contributed by atoms with Crippen LogP contribution in [-0.4, -0.2) is 32.3 Å². The molecule has 2 bridgehead atoms. The van der Waals surface area contributed by atoms with Gasteiger partial charge in [-0.05, 0) is 24.8 Å². The number of fused-ring (bicyclic) bond motifs is 4. The first-order valence-corrected chi connectivity index (χ1v) is 7.54. The zero-order valence-corrected chi connectivity index (χ0v) is 12.6. The van der Waals surface area contributed by atoms with Gasteiger partial charge in [-0.25, -0.2) is 9.89 Å². The summed E-state index contributed by atoms with van der Waals surface area (Å²) in [5.74, 6) is -1.59. The largest absolute Gasteiger partial charge is 0.452 e. The molecule has 4 heterocycles. The van der Waals surface area contributed by atoms with E-state index in [0.29, 0.717) is 24.6 Å². The minimum Gasteiger partial charge on any atom is -0.349 e. The van der Waals surface area contributed by atoms with Crippen molar-refractivity contribution in [1.82, 2.24) is 20.3 Å². The number of rotatable bonds is 1. The fourth-order valence-corrected chi connectivity index (χ4v) is 3.46. The lowest BCUT2D eigenvalue weighted by molar-refractivity contribution is -0.155. The van der Waals surface area contributed by atoms with Gasteiger partial charge < -0.3 is 9.42 Å². The zero-order chi connectivity index (χ0) is 17.8. The maximum Gasteiger partial charge on any atom is 0.452 e. The number of aromatic amines is 1. The molecule has 0 saturated carbocycles. The number of aromatic nitrogens is 3. The highest BCUT2D eigenvalue weighted by molar-refractivity contribution is 5.89. The van der Waals surface area contributed by atoms with Gasteiger partial charge in [-0.3, -0.25) is 10.1 Å². The molecule has 2 atom stereocenters. The molecule has 2 aliphatic heterocycles. The Morgan fingerprint density at radius 3 is 2.88 bits per heavy atom. The van der Waals surface area contributed by atoms with Gasteiger partial charge in [0.2, 0.25) is 5.76 Å². The molecule has 0 spiro atoms. The maximum atomic E-state index is 12.5. The molecule has 0 radical (unpaired) electrons. The number of nitrogens with one attached hydrogen (secondary N) is 2. The van der Waals surface area contributed by atoms with Gasteiger partial charge >= 0.3 is 12.2 Å². The van der Waals surface area contributed by atoms with Crippen LogP contribution >= 0.6 is 0 Å². The molecule has 11 heteroatoms. The molecule has 0 aromatic carbocycles. The van der Waals surface area contributed by atoms with Gasteiger partial charge in [-0.1, -0.05) is 5.16 Å². The SMILES string of the molecule is O=C(Nc1cc(C(F)(F)F)on1)N1C2CCC1c1n[nH]c(=O)cc1C2. The number of H-pyrrole nitrogens is 1. The number of anilines is 1. The topological polar surface area (TPSA) is 104 Å². The van der Waals surface area contributed by atoms with E-state index in [2.05, 4.69) is 25.2 Å². The van der Waals surface area contributed by atoms with Crippen molar-refractivity contribution in [2.75, 3.05) is 5.32 Å². The lowest BCUT2D eigenvalue weighted by Crippen LogP contribution is -2.45. The number of hydrogen-bond acceptors (Lipinski definition) is 5.